The Morgan fingerprint density at radius 2 is 2.46 bits per heavy atom. The van der Waals surface area contributed by atoms with Gasteiger partial charge in [0.05, 0.1) is 11.1 Å². The minimum Gasteiger partial charge on any atom is -0.371 e. The first kappa shape index (κ1) is 8.74. The van der Waals surface area contributed by atoms with Gasteiger partial charge in [0.1, 0.15) is 10.6 Å². The lowest BCUT2D eigenvalue weighted by atomic mass is 9.80. The zero-order valence-corrected chi connectivity index (χ0v) is 8.36. The highest BCUT2D eigenvalue weighted by Crippen LogP contribution is 2.45. The van der Waals surface area contributed by atoms with Gasteiger partial charge in [0.25, 0.3) is 0 Å². The maximum Gasteiger partial charge on any atom is 0.126 e. The van der Waals surface area contributed by atoms with Gasteiger partial charge >= 0.3 is 0 Å². The molecular weight excluding hydrogens is 182 g/mol. The van der Waals surface area contributed by atoms with E-state index in [0.29, 0.717) is 0 Å². The molecule has 13 heavy (non-hydrogen) atoms. The molecule has 0 radical (unpaired) electrons. The number of methoxy groups -OCH3 is 1. The summed E-state index contributed by atoms with van der Waals surface area (Å²) in [6, 6.07) is 0. The maximum absolute atomic E-state index is 5.50. The Balaban J connectivity index is 2.29. The summed E-state index contributed by atoms with van der Waals surface area (Å²) in [7, 11) is 1.75. The fourth-order valence-corrected chi connectivity index (χ4v) is 2.51. The van der Waals surface area contributed by atoms with Gasteiger partial charge in [-0.1, -0.05) is 5.92 Å². The summed E-state index contributed by atoms with van der Waals surface area (Å²) in [6.45, 7) is 0. The fourth-order valence-electron chi connectivity index (χ4n) is 1.55. The van der Waals surface area contributed by atoms with Gasteiger partial charge in [-0.25, -0.2) is 4.98 Å². The first-order chi connectivity index (χ1) is 6.30. The average molecular weight is 193 g/mol. The monoisotopic (exact) mass is 193 g/mol. The molecule has 1 aliphatic carbocycles. The molecule has 2 nitrogen and oxygen atoms in total. The Bertz CT molecular complexity index is 341. The van der Waals surface area contributed by atoms with Crippen LogP contribution >= 0.6 is 11.3 Å². The Morgan fingerprint density at radius 1 is 1.69 bits per heavy atom. The van der Waals surface area contributed by atoms with E-state index in [1.807, 2.05) is 0 Å². The van der Waals surface area contributed by atoms with Crippen molar-refractivity contribution in [1.82, 2.24) is 4.98 Å². The van der Waals surface area contributed by atoms with Gasteiger partial charge in [-0.15, -0.1) is 17.8 Å². The second kappa shape index (κ2) is 3.13. The molecule has 0 saturated heterocycles. The van der Waals surface area contributed by atoms with Crippen molar-refractivity contribution in [2.75, 3.05) is 7.11 Å². The summed E-state index contributed by atoms with van der Waals surface area (Å²) in [6.07, 6.45) is 10.4. The van der Waals surface area contributed by atoms with Crippen molar-refractivity contribution in [2.45, 2.75) is 24.9 Å². The topological polar surface area (TPSA) is 22.1 Å². The number of aromatic nitrogens is 1. The van der Waals surface area contributed by atoms with Crippen molar-refractivity contribution in [3.63, 3.8) is 0 Å². The second-order valence-corrected chi connectivity index (χ2v) is 4.26. The number of thiazole rings is 1. The molecule has 3 heteroatoms. The smallest absolute Gasteiger partial charge is 0.126 e. The largest absolute Gasteiger partial charge is 0.371 e. The number of hydrogen-bond donors (Lipinski definition) is 0. The van der Waals surface area contributed by atoms with Gasteiger partial charge in [-0.3, -0.25) is 0 Å². The normalized spacial score (nSPS) is 19.1. The standard InChI is InChI=1S/C10H11NOS/c1-3-8-7-11-9(13-8)10(12-2)5-4-6-10/h1,7H,4-6H2,2H3. The van der Waals surface area contributed by atoms with Crippen LogP contribution in [0.2, 0.25) is 0 Å². The molecule has 2 rings (SSSR count). The quantitative estimate of drug-likeness (QED) is 0.671. The van der Waals surface area contributed by atoms with Gasteiger partial charge in [0.2, 0.25) is 0 Å². The maximum atomic E-state index is 5.50. The van der Waals surface area contributed by atoms with E-state index in [1.54, 1.807) is 24.6 Å². The van der Waals surface area contributed by atoms with E-state index in [2.05, 4.69) is 10.9 Å². The molecule has 0 unspecified atom stereocenters. The van der Waals surface area contributed by atoms with E-state index in [4.69, 9.17) is 11.2 Å². The van der Waals surface area contributed by atoms with E-state index in [0.717, 1.165) is 22.7 Å². The van der Waals surface area contributed by atoms with E-state index < -0.39 is 0 Å². The highest BCUT2D eigenvalue weighted by Gasteiger charge is 2.41. The van der Waals surface area contributed by atoms with Crippen LogP contribution in [0.5, 0.6) is 0 Å². The van der Waals surface area contributed by atoms with Crippen LogP contribution in [0.15, 0.2) is 6.20 Å². The van der Waals surface area contributed by atoms with Gasteiger partial charge in [0, 0.05) is 7.11 Å². The lowest BCUT2D eigenvalue weighted by Gasteiger charge is -2.38. The van der Waals surface area contributed by atoms with Crippen molar-refractivity contribution >= 4 is 11.3 Å². The molecular formula is C10H11NOS. The third-order valence-electron chi connectivity index (χ3n) is 2.59. The van der Waals surface area contributed by atoms with Crippen LogP contribution in [0.25, 0.3) is 0 Å². The van der Waals surface area contributed by atoms with Crippen molar-refractivity contribution in [2.24, 2.45) is 0 Å². The molecule has 0 N–H and O–H groups in total. The van der Waals surface area contributed by atoms with Crippen LogP contribution in [0.4, 0.5) is 0 Å². The summed E-state index contributed by atoms with van der Waals surface area (Å²) >= 11 is 1.57. The summed E-state index contributed by atoms with van der Waals surface area (Å²) < 4.78 is 5.50. The molecule has 0 aromatic carbocycles. The molecule has 68 valence electrons. The van der Waals surface area contributed by atoms with Gasteiger partial charge in [0.15, 0.2) is 0 Å². The molecule has 0 bridgehead atoms. The number of ether oxygens (including phenoxy) is 1. The Kier molecular flexibility index (Phi) is 2.10. The van der Waals surface area contributed by atoms with E-state index >= 15 is 0 Å². The van der Waals surface area contributed by atoms with Gasteiger partial charge in [-0.2, -0.15) is 0 Å². The third kappa shape index (κ3) is 1.27. The Hall–Kier alpha value is -0.850. The second-order valence-electron chi connectivity index (χ2n) is 3.23. The zero-order chi connectivity index (χ0) is 9.31. The predicted molar refractivity (Wildman–Crippen MR) is 52.6 cm³/mol. The molecule has 0 aliphatic heterocycles. The molecule has 0 atom stereocenters. The van der Waals surface area contributed by atoms with Crippen molar-refractivity contribution in [1.29, 1.82) is 0 Å². The first-order valence-electron chi connectivity index (χ1n) is 4.29. The van der Waals surface area contributed by atoms with Crippen LogP contribution in [0.3, 0.4) is 0 Å². The van der Waals surface area contributed by atoms with E-state index in [9.17, 15) is 0 Å². The lowest BCUT2D eigenvalue weighted by molar-refractivity contribution is -0.0779. The van der Waals surface area contributed by atoms with Crippen molar-refractivity contribution in [3.8, 4) is 12.3 Å². The molecule has 1 fully saturated rings. The average Bonchev–Trinajstić information content (AvgIpc) is 2.52. The van der Waals surface area contributed by atoms with Crippen molar-refractivity contribution < 1.29 is 4.74 Å². The predicted octanol–water partition coefficient (Wildman–Crippen LogP) is 2.15. The third-order valence-corrected chi connectivity index (χ3v) is 3.70. The molecule has 1 aliphatic rings. The van der Waals surface area contributed by atoms with Crippen LogP contribution in [0.1, 0.15) is 29.1 Å². The van der Waals surface area contributed by atoms with Gasteiger partial charge < -0.3 is 4.74 Å². The van der Waals surface area contributed by atoms with Crippen LogP contribution < -0.4 is 0 Å². The molecule has 0 spiro atoms. The minimum atomic E-state index is -0.111. The fraction of sp³-hybridized carbons (Fsp3) is 0.500. The van der Waals surface area contributed by atoms with Crippen LogP contribution in [0, 0.1) is 12.3 Å². The highest BCUT2D eigenvalue weighted by molar-refractivity contribution is 7.12. The van der Waals surface area contributed by atoms with E-state index in [-0.39, 0.29) is 5.60 Å². The Labute approximate surface area is 82.0 Å². The number of hydrogen-bond acceptors (Lipinski definition) is 3. The summed E-state index contributed by atoms with van der Waals surface area (Å²) in [5.41, 5.74) is -0.111. The first-order valence-corrected chi connectivity index (χ1v) is 5.10. The number of nitrogens with zero attached hydrogens (tertiary/aromatic N) is 1. The van der Waals surface area contributed by atoms with Crippen LogP contribution in [-0.4, -0.2) is 12.1 Å². The van der Waals surface area contributed by atoms with Crippen LogP contribution in [-0.2, 0) is 10.3 Å². The zero-order valence-electron chi connectivity index (χ0n) is 7.54. The Morgan fingerprint density at radius 3 is 2.85 bits per heavy atom. The summed E-state index contributed by atoms with van der Waals surface area (Å²) in [4.78, 5) is 5.19. The van der Waals surface area contributed by atoms with E-state index in [1.165, 1.54) is 6.42 Å². The number of rotatable bonds is 2. The summed E-state index contributed by atoms with van der Waals surface area (Å²) in [5.74, 6) is 2.59. The molecule has 1 saturated carbocycles. The highest BCUT2D eigenvalue weighted by atomic mass is 32.1. The molecule has 0 amide bonds. The minimum absolute atomic E-state index is 0.111. The summed E-state index contributed by atoms with van der Waals surface area (Å²) in [5, 5.41) is 1.04. The number of terminal acetylenes is 1. The SMILES string of the molecule is C#Cc1cnc(C2(OC)CCC2)s1. The molecule has 1 heterocycles. The lowest BCUT2D eigenvalue weighted by Crippen LogP contribution is -2.35. The van der Waals surface area contributed by atoms with Crippen molar-refractivity contribution in [3.05, 3.63) is 16.1 Å². The van der Waals surface area contributed by atoms with Gasteiger partial charge in [-0.05, 0) is 19.3 Å². The molecule has 1 aromatic heterocycles. The molecule has 1 aromatic rings.